The number of piperidine rings is 1. The largest absolute Gasteiger partial charge is 0.435 e. The van der Waals surface area contributed by atoms with E-state index in [1.54, 1.807) is 35.0 Å². The SMILES string of the molecule is CNc1ccc(-n2cc(-c3cnc(C(=O)NCc4ccc(C(=O)N5CCN(C(=O)C6(O)CCNCC6)CC5)c(Cl)c4)[nH]3)c(C(F)(F)F)n2)nc1. The van der Waals surface area contributed by atoms with Gasteiger partial charge in [0.15, 0.2) is 17.3 Å². The number of aromatic amines is 1. The van der Waals surface area contributed by atoms with Crippen LogP contribution in [-0.4, -0.2) is 109 Å². The third kappa shape index (κ3) is 7.29. The maximum Gasteiger partial charge on any atom is 0.435 e. The van der Waals surface area contributed by atoms with Gasteiger partial charge in [0.05, 0.1) is 39.9 Å². The molecule has 6 rings (SSSR count). The molecule has 2 aliphatic heterocycles. The zero-order chi connectivity index (χ0) is 35.6. The van der Waals surface area contributed by atoms with Gasteiger partial charge >= 0.3 is 6.18 Å². The second kappa shape index (κ2) is 14.1. The number of aliphatic hydroxyl groups is 1. The Bertz CT molecular complexity index is 1880. The highest BCUT2D eigenvalue weighted by atomic mass is 35.5. The van der Waals surface area contributed by atoms with Crippen LogP contribution in [0.25, 0.3) is 17.1 Å². The summed E-state index contributed by atoms with van der Waals surface area (Å²) in [5.74, 6) is -1.37. The van der Waals surface area contributed by atoms with E-state index in [1.165, 1.54) is 18.3 Å². The number of carbonyl (C=O) groups is 3. The summed E-state index contributed by atoms with van der Waals surface area (Å²) < 4.78 is 42.7. The molecule has 0 spiro atoms. The van der Waals surface area contributed by atoms with Gasteiger partial charge in [0.1, 0.15) is 5.60 Å². The first kappa shape index (κ1) is 34.8. The quantitative estimate of drug-likeness (QED) is 0.184. The predicted molar refractivity (Wildman–Crippen MR) is 176 cm³/mol. The number of rotatable bonds is 8. The molecule has 0 atom stereocenters. The zero-order valence-corrected chi connectivity index (χ0v) is 27.6. The maximum absolute atomic E-state index is 13.9. The van der Waals surface area contributed by atoms with Crippen molar-refractivity contribution in [2.75, 3.05) is 51.6 Å². The Morgan fingerprint density at radius 2 is 1.74 bits per heavy atom. The van der Waals surface area contributed by atoms with Gasteiger partial charge in [-0.25, -0.2) is 14.6 Å². The Hall–Kier alpha value is -5.00. The Balaban J connectivity index is 1.07. The molecule has 0 bridgehead atoms. The minimum absolute atomic E-state index is 0.0116. The van der Waals surface area contributed by atoms with Crippen LogP contribution in [-0.2, 0) is 17.5 Å². The van der Waals surface area contributed by atoms with E-state index in [9.17, 15) is 32.7 Å². The number of hydrogen-bond acceptors (Lipinski definition) is 9. The van der Waals surface area contributed by atoms with E-state index in [1.807, 2.05) is 0 Å². The average Bonchev–Trinajstić information content (AvgIpc) is 3.79. The van der Waals surface area contributed by atoms with Crippen molar-refractivity contribution in [3.8, 4) is 17.1 Å². The lowest BCUT2D eigenvalue weighted by molar-refractivity contribution is -0.155. The van der Waals surface area contributed by atoms with Crippen LogP contribution in [0.3, 0.4) is 0 Å². The number of nitrogens with one attached hydrogen (secondary N) is 4. The molecule has 0 radical (unpaired) electrons. The average molecular weight is 715 g/mol. The summed E-state index contributed by atoms with van der Waals surface area (Å²) in [6.45, 7) is 2.26. The number of halogens is 4. The van der Waals surface area contributed by atoms with E-state index in [-0.39, 0.29) is 64.9 Å². The molecule has 4 aromatic rings. The number of anilines is 1. The third-order valence-corrected chi connectivity index (χ3v) is 9.05. The Morgan fingerprint density at radius 1 is 1.02 bits per heavy atom. The van der Waals surface area contributed by atoms with Crippen LogP contribution in [0.15, 0.2) is 48.9 Å². The molecule has 0 unspecified atom stereocenters. The summed E-state index contributed by atoms with van der Waals surface area (Å²) in [5, 5.41) is 23.3. The number of pyridine rings is 1. The number of hydrogen-bond donors (Lipinski definition) is 5. The van der Waals surface area contributed by atoms with Crippen LogP contribution in [0, 0.1) is 0 Å². The van der Waals surface area contributed by atoms with Gasteiger partial charge < -0.3 is 35.8 Å². The molecular formula is C32H34ClF3N10O4. The fourth-order valence-corrected chi connectivity index (χ4v) is 6.16. The van der Waals surface area contributed by atoms with E-state index in [4.69, 9.17) is 11.6 Å². The van der Waals surface area contributed by atoms with E-state index in [2.05, 4.69) is 36.0 Å². The number of imidazole rings is 1. The highest BCUT2D eigenvalue weighted by Gasteiger charge is 2.41. The highest BCUT2D eigenvalue weighted by molar-refractivity contribution is 6.33. The molecule has 50 heavy (non-hydrogen) atoms. The van der Waals surface area contributed by atoms with Crippen LogP contribution in [0.4, 0.5) is 18.9 Å². The predicted octanol–water partition coefficient (Wildman–Crippen LogP) is 2.70. The summed E-state index contributed by atoms with van der Waals surface area (Å²) in [6.07, 6.45) is -0.381. The first-order chi connectivity index (χ1) is 23.9. The van der Waals surface area contributed by atoms with Crippen molar-refractivity contribution in [1.82, 2.24) is 45.2 Å². The molecule has 5 N–H and O–H groups in total. The Morgan fingerprint density at radius 3 is 2.38 bits per heavy atom. The van der Waals surface area contributed by atoms with Crippen LogP contribution in [0.5, 0.6) is 0 Å². The van der Waals surface area contributed by atoms with Gasteiger partial charge in [0.2, 0.25) is 0 Å². The maximum atomic E-state index is 13.9. The number of aromatic nitrogens is 5. The molecule has 3 aromatic heterocycles. The summed E-state index contributed by atoms with van der Waals surface area (Å²) in [5.41, 5.74) is -1.46. The smallest absolute Gasteiger partial charge is 0.387 e. The van der Waals surface area contributed by atoms with Gasteiger partial charge in [-0.3, -0.25) is 14.4 Å². The number of alkyl halides is 3. The lowest BCUT2D eigenvalue weighted by Gasteiger charge is -2.40. The van der Waals surface area contributed by atoms with Crippen LogP contribution in [0.2, 0.25) is 5.02 Å². The molecule has 2 aliphatic rings. The van der Waals surface area contributed by atoms with Gasteiger partial charge in [0, 0.05) is 46.0 Å². The van der Waals surface area contributed by atoms with E-state index >= 15 is 0 Å². The highest BCUT2D eigenvalue weighted by Crippen LogP contribution is 2.36. The lowest BCUT2D eigenvalue weighted by Crippen LogP contribution is -2.59. The molecule has 14 nitrogen and oxygen atoms in total. The molecule has 2 fully saturated rings. The standard InChI is InChI=1S/C32H34ClF3N10O4/c1-37-20-3-5-25(39-16-20)46-18-22(26(43-46)32(34,35)36)24-17-40-27(42-24)28(47)41-15-19-2-4-21(23(33)14-19)29(48)44-10-12-45(13-11-44)30(49)31(50)6-8-38-9-7-31/h2-5,14,16-18,37-38,50H,6-13,15H2,1H3,(H,40,42)(H,41,47). The zero-order valence-electron chi connectivity index (χ0n) is 26.8. The van der Waals surface area contributed by atoms with Crippen LogP contribution < -0.4 is 16.0 Å². The molecule has 2 saturated heterocycles. The van der Waals surface area contributed by atoms with Crippen molar-refractivity contribution in [3.63, 3.8) is 0 Å². The number of nitrogens with zero attached hydrogens (tertiary/aromatic N) is 6. The fourth-order valence-electron chi connectivity index (χ4n) is 5.88. The molecule has 18 heteroatoms. The first-order valence-corrected chi connectivity index (χ1v) is 16.2. The van der Waals surface area contributed by atoms with Gasteiger partial charge in [-0.05, 0) is 55.8 Å². The topological polar surface area (TPSA) is 173 Å². The number of carbonyl (C=O) groups excluding carboxylic acids is 3. The normalized spacial score (nSPS) is 16.3. The third-order valence-electron chi connectivity index (χ3n) is 8.73. The Kier molecular flexibility index (Phi) is 9.82. The van der Waals surface area contributed by atoms with Gasteiger partial charge in [-0.15, -0.1) is 0 Å². The van der Waals surface area contributed by atoms with Crippen LogP contribution in [0.1, 0.15) is 45.1 Å². The molecule has 0 saturated carbocycles. The molecule has 264 valence electrons. The molecule has 3 amide bonds. The molecule has 1 aromatic carbocycles. The minimum Gasteiger partial charge on any atom is -0.387 e. The van der Waals surface area contributed by atoms with Gasteiger partial charge in [-0.2, -0.15) is 18.3 Å². The van der Waals surface area contributed by atoms with E-state index < -0.39 is 23.4 Å². The van der Waals surface area contributed by atoms with Crippen molar-refractivity contribution in [3.05, 3.63) is 76.6 Å². The minimum atomic E-state index is -4.80. The number of amides is 3. The second-order valence-corrected chi connectivity index (χ2v) is 12.4. The number of benzene rings is 1. The summed E-state index contributed by atoms with van der Waals surface area (Å²) in [4.78, 5) is 53.0. The Labute approximate surface area is 289 Å². The van der Waals surface area contributed by atoms with Crippen molar-refractivity contribution < 1.29 is 32.7 Å². The second-order valence-electron chi connectivity index (χ2n) is 12.0. The van der Waals surface area contributed by atoms with Gasteiger partial charge in [-0.1, -0.05) is 17.7 Å². The summed E-state index contributed by atoms with van der Waals surface area (Å²) in [7, 11) is 1.69. The summed E-state index contributed by atoms with van der Waals surface area (Å²) >= 11 is 6.47. The number of H-pyrrole nitrogens is 1. The molecule has 0 aliphatic carbocycles. The number of piperazine rings is 1. The van der Waals surface area contributed by atoms with E-state index in [0.717, 1.165) is 17.1 Å². The van der Waals surface area contributed by atoms with Crippen LogP contribution >= 0.6 is 11.6 Å². The van der Waals surface area contributed by atoms with Crippen molar-refractivity contribution in [2.45, 2.75) is 31.2 Å². The molecular weight excluding hydrogens is 681 g/mol. The van der Waals surface area contributed by atoms with Crippen molar-refractivity contribution >= 4 is 35.0 Å². The monoisotopic (exact) mass is 714 g/mol. The summed E-state index contributed by atoms with van der Waals surface area (Å²) in [6, 6.07) is 7.86. The van der Waals surface area contributed by atoms with Gasteiger partial charge in [0.25, 0.3) is 17.7 Å². The van der Waals surface area contributed by atoms with Crippen molar-refractivity contribution in [1.29, 1.82) is 0 Å². The fraction of sp³-hybridized carbons (Fsp3) is 0.375. The molecule has 5 heterocycles. The van der Waals surface area contributed by atoms with E-state index in [0.29, 0.717) is 50.3 Å². The lowest BCUT2D eigenvalue weighted by atomic mass is 9.90. The first-order valence-electron chi connectivity index (χ1n) is 15.8. The van der Waals surface area contributed by atoms with Crippen molar-refractivity contribution in [2.24, 2.45) is 0 Å².